The molecule has 0 saturated heterocycles. The lowest BCUT2D eigenvalue weighted by Gasteiger charge is -2.30. The van der Waals surface area contributed by atoms with E-state index in [0.29, 0.717) is 0 Å². The summed E-state index contributed by atoms with van der Waals surface area (Å²) in [5.41, 5.74) is 1.33. The molecular weight excluding hydrogens is 248 g/mol. The van der Waals surface area contributed by atoms with Crippen molar-refractivity contribution in [3.63, 3.8) is 0 Å². The highest BCUT2D eigenvalue weighted by atomic mass is 35.5. The fourth-order valence-electron chi connectivity index (χ4n) is 2.85. The summed E-state index contributed by atoms with van der Waals surface area (Å²) >= 11 is 6.68. The fourth-order valence-corrected chi connectivity index (χ4v) is 3.20. The third-order valence-corrected chi connectivity index (χ3v) is 4.84. The number of ether oxygens (including phenoxy) is 2. The molecule has 1 saturated carbocycles. The molecule has 1 unspecified atom stereocenters. The molecule has 0 aliphatic heterocycles. The van der Waals surface area contributed by atoms with Crippen LogP contribution in [0.15, 0.2) is 18.2 Å². The molecule has 0 amide bonds. The van der Waals surface area contributed by atoms with Gasteiger partial charge < -0.3 is 9.47 Å². The van der Waals surface area contributed by atoms with Crippen LogP contribution in [0.5, 0.6) is 11.5 Å². The summed E-state index contributed by atoms with van der Waals surface area (Å²) in [5, 5.41) is 0.0415. The lowest BCUT2D eigenvalue weighted by molar-refractivity contribution is 0.319. The Bertz CT molecular complexity index is 411. The molecule has 100 valence electrons. The third kappa shape index (κ3) is 2.44. The number of hydrogen-bond acceptors (Lipinski definition) is 2. The smallest absolute Gasteiger partial charge is 0.161 e. The van der Waals surface area contributed by atoms with Gasteiger partial charge in [0.25, 0.3) is 0 Å². The lowest BCUT2D eigenvalue weighted by Crippen LogP contribution is -2.18. The van der Waals surface area contributed by atoms with E-state index in [-0.39, 0.29) is 10.8 Å². The average Bonchev–Trinajstić information content (AvgIpc) is 2.85. The van der Waals surface area contributed by atoms with E-state index in [1.54, 1.807) is 14.2 Å². The van der Waals surface area contributed by atoms with Crippen LogP contribution in [0.1, 0.15) is 43.5 Å². The maximum absolute atomic E-state index is 6.68. The number of hydrogen-bond donors (Lipinski definition) is 0. The van der Waals surface area contributed by atoms with Crippen molar-refractivity contribution in [2.24, 2.45) is 5.41 Å². The van der Waals surface area contributed by atoms with Gasteiger partial charge in [0.2, 0.25) is 0 Å². The van der Waals surface area contributed by atoms with Crippen LogP contribution in [-0.4, -0.2) is 14.2 Å². The summed E-state index contributed by atoms with van der Waals surface area (Å²) in [5.74, 6) is 1.50. The molecule has 1 aromatic carbocycles. The predicted octanol–water partition coefficient (Wildman–Crippen LogP) is 4.56. The van der Waals surface area contributed by atoms with Gasteiger partial charge in [-0.3, -0.25) is 0 Å². The molecule has 0 N–H and O–H groups in total. The second-order valence-corrected chi connectivity index (χ2v) is 5.77. The van der Waals surface area contributed by atoms with Crippen molar-refractivity contribution < 1.29 is 9.47 Å². The molecule has 0 spiro atoms. The van der Waals surface area contributed by atoms with Gasteiger partial charge in [-0.05, 0) is 36.0 Å². The first-order valence-corrected chi connectivity index (χ1v) is 6.90. The summed E-state index contributed by atoms with van der Waals surface area (Å²) in [6.07, 6.45) is 4.98. The number of halogens is 1. The second-order valence-electron chi connectivity index (χ2n) is 5.34. The van der Waals surface area contributed by atoms with Crippen LogP contribution in [0.4, 0.5) is 0 Å². The number of alkyl halides is 1. The molecule has 0 radical (unpaired) electrons. The molecule has 3 heteroatoms. The molecule has 1 fully saturated rings. The average molecular weight is 269 g/mol. The van der Waals surface area contributed by atoms with Crippen LogP contribution in [0, 0.1) is 5.41 Å². The van der Waals surface area contributed by atoms with Gasteiger partial charge in [-0.2, -0.15) is 0 Å². The minimum absolute atomic E-state index is 0.0415. The van der Waals surface area contributed by atoms with E-state index in [1.807, 2.05) is 18.2 Å². The second kappa shape index (κ2) is 5.40. The highest BCUT2D eigenvalue weighted by Crippen LogP contribution is 2.51. The summed E-state index contributed by atoms with van der Waals surface area (Å²) in [6, 6.07) is 5.98. The maximum Gasteiger partial charge on any atom is 0.161 e. The monoisotopic (exact) mass is 268 g/mol. The first-order chi connectivity index (χ1) is 8.60. The van der Waals surface area contributed by atoms with Gasteiger partial charge in [-0.25, -0.2) is 0 Å². The fraction of sp³-hybridized carbons (Fsp3) is 0.600. The third-order valence-electron chi connectivity index (χ3n) is 4.06. The molecule has 0 aromatic heterocycles. The van der Waals surface area contributed by atoms with E-state index >= 15 is 0 Å². The van der Waals surface area contributed by atoms with Crippen LogP contribution in [0.3, 0.4) is 0 Å². The van der Waals surface area contributed by atoms with Crippen molar-refractivity contribution >= 4 is 11.6 Å². The van der Waals surface area contributed by atoms with Crippen molar-refractivity contribution in [3.05, 3.63) is 23.8 Å². The van der Waals surface area contributed by atoms with Gasteiger partial charge in [0, 0.05) is 0 Å². The minimum Gasteiger partial charge on any atom is -0.493 e. The zero-order valence-electron chi connectivity index (χ0n) is 11.3. The molecule has 18 heavy (non-hydrogen) atoms. The Morgan fingerprint density at radius 3 is 2.28 bits per heavy atom. The summed E-state index contributed by atoms with van der Waals surface area (Å²) in [6.45, 7) is 2.29. The van der Waals surface area contributed by atoms with E-state index in [4.69, 9.17) is 21.1 Å². The van der Waals surface area contributed by atoms with Crippen molar-refractivity contribution in [3.8, 4) is 11.5 Å². The molecule has 2 rings (SSSR count). The van der Waals surface area contributed by atoms with Crippen LogP contribution in [0.2, 0.25) is 0 Å². The summed E-state index contributed by atoms with van der Waals surface area (Å²) in [4.78, 5) is 0. The summed E-state index contributed by atoms with van der Waals surface area (Å²) in [7, 11) is 3.30. The Labute approximate surface area is 114 Å². The van der Waals surface area contributed by atoms with Crippen molar-refractivity contribution in [2.45, 2.75) is 38.0 Å². The van der Waals surface area contributed by atoms with Crippen LogP contribution < -0.4 is 9.47 Å². The lowest BCUT2D eigenvalue weighted by atomic mass is 9.81. The maximum atomic E-state index is 6.68. The van der Waals surface area contributed by atoms with Gasteiger partial charge in [-0.15, -0.1) is 11.6 Å². The van der Waals surface area contributed by atoms with E-state index in [0.717, 1.165) is 17.1 Å². The normalized spacial score (nSPS) is 19.6. The Morgan fingerprint density at radius 2 is 1.72 bits per heavy atom. The molecule has 2 nitrogen and oxygen atoms in total. The Kier molecular flexibility index (Phi) is 4.06. The highest BCUT2D eigenvalue weighted by molar-refractivity contribution is 6.21. The summed E-state index contributed by atoms with van der Waals surface area (Å²) < 4.78 is 10.6. The van der Waals surface area contributed by atoms with Crippen molar-refractivity contribution in [2.75, 3.05) is 14.2 Å². The van der Waals surface area contributed by atoms with Gasteiger partial charge in [0.05, 0.1) is 19.6 Å². The first-order valence-electron chi connectivity index (χ1n) is 6.47. The first kappa shape index (κ1) is 13.5. The zero-order valence-corrected chi connectivity index (χ0v) is 12.1. The Balaban J connectivity index is 2.27. The molecule has 1 aliphatic carbocycles. The standard InChI is InChI=1S/C15H21ClO2/c1-15(8-4-5-9-15)14(16)11-6-7-12(17-2)13(10-11)18-3/h6-7,10,14H,4-5,8-9H2,1-3H3. The van der Waals surface area contributed by atoms with Crippen molar-refractivity contribution in [1.82, 2.24) is 0 Å². The number of methoxy groups -OCH3 is 2. The number of benzene rings is 1. The Hall–Kier alpha value is -0.890. The van der Waals surface area contributed by atoms with Gasteiger partial charge in [-0.1, -0.05) is 25.8 Å². The van der Waals surface area contributed by atoms with Gasteiger partial charge in [0.1, 0.15) is 0 Å². The highest BCUT2D eigenvalue weighted by Gasteiger charge is 2.36. The molecule has 1 aromatic rings. The minimum atomic E-state index is 0.0415. The van der Waals surface area contributed by atoms with Crippen LogP contribution in [0.25, 0.3) is 0 Å². The van der Waals surface area contributed by atoms with Crippen LogP contribution >= 0.6 is 11.6 Å². The van der Waals surface area contributed by atoms with E-state index < -0.39 is 0 Å². The molecular formula is C15H21ClO2. The SMILES string of the molecule is COc1ccc(C(Cl)C2(C)CCCC2)cc1OC. The van der Waals surface area contributed by atoms with Gasteiger partial charge >= 0.3 is 0 Å². The van der Waals surface area contributed by atoms with Crippen LogP contribution in [-0.2, 0) is 0 Å². The quantitative estimate of drug-likeness (QED) is 0.745. The van der Waals surface area contributed by atoms with E-state index in [9.17, 15) is 0 Å². The van der Waals surface area contributed by atoms with Gasteiger partial charge in [0.15, 0.2) is 11.5 Å². The molecule has 1 aliphatic rings. The Morgan fingerprint density at radius 1 is 1.11 bits per heavy atom. The topological polar surface area (TPSA) is 18.5 Å². The molecule has 0 heterocycles. The molecule has 0 bridgehead atoms. The zero-order chi connectivity index (χ0) is 13.2. The predicted molar refractivity (Wildman–Crippen MR) is 74.7 cm³/mol. The largest absolute Gasteiger partial charge is 0.493 e. The number of rotatable bonds is 4. The van der Waals surface area contributed by atoms with E-state index in [2.05, 4.69) is 6.92 Å². The molecule has 1 atom stereocenters. The van der Waals surface area contributed by atoms with Crippen molar-refractivity contribution in [1.29, 1.82) is 0 Å². The van der Waals surface area contributed by atoms with E-state index in [1.165, 1.54) is 25.7 Å².